The third kappa shape index (κ3) is 2.88. The summed E-state index contributed by atoms with van der Waals surface area (Å²) in [5.41, 5.74) is 1.06. The third-order valence-electron chi connectivity index (χ3n) is 1.95. The fourth-order valence-corrected chi connectivity index (χ4v) is 1.35. The maximum absolute atomic E-state index is 11.3. The molecule has 0 spiro atoms. The zero-order chi connectivity index (χ0) is 10.4. The van der Waals surface area contributed by atoms with Crippen LogP contribution in [0.3, 0.4) is 0 Å². The van der Waals surface area contributed by atoms with Crippen molar-refractivity contribution in [3.05, 3.63) is 35.9 Å². The van der Waals surface area contributed by atoms with Crippen LogP contribution in [0.15, 0.2) is 34.7 Å². The lowest BCUT2D eigenvalue weighted by molar-refractivity contribution is -0.121. The molecule has 0 bridgehead atoms. The second-order valence-electron chi connectivity index (χ2n) is 2.93. The quantitative estimate of drug-likeness (QED) is 0.804. The fraction of sp³-hybridized carbons (Fsp3) is 0.300. The first-order valence-electron chi connectivity index (χ1n) is 4.36. The van der Waals surface area contributed by atoms with Crippen molar-refractivity contribution in [2.45, 2.75) is 12.5 Å². The molecule has 0 fully saturated rings. The van der Waals surface area contributed by atoms with Gasteiger partial charge in [-0.15, -0.1) is 0 Å². The summed E-state index contributed by atoms with van der Waals surface area (Å²) in [6.45, 7) is 0. The molecule has 0 aliphatic heterocycles. The summed E-state index contributed by atoms with van der Waals surface area (Å²) in [5, 5.41) is 2.54. The van der Waals surface area contributed by atoms with E-state index < -0.39 is 6.04 Å². The number of hydrogen-bond acceptors (Lipinski definition) is 3. The topological polar surface area (TPSA) is 41.5 Å². The Labute approximate surface area is 88.7 Å². The molecule has 1 aromatic carbocycles. The van der Waals surface area contributed by atoms with Crippen LogP contribution in [0.2, 0.25) is 0 Å². The number of likely N-dealkylation sites (N-methyl/N-ethyl adjacent to an activating group) is 1. The van der Waals surface area contributed by atoms with E-state index >= 15 is 0 Å². The molecule has 74 valence electrons. The van der Waals surface area contributed by atoms with Gasteiger partial charge in [-0.05, 0) is 5.56 Å². The highest BCUT2D eigenvalue weighted by molar-refractivity contribution is 7.47. The second-order valence-corrected chi connectivity index (χ2v) is 3.14. The van der Waals surface area contributed by atoms with Crippen LogP contribution < -0.4 is 5.32 Å². The summed E-state index contributed by atoms with van der Waals surface area (Å²) in [7, 11) is 1.58. The minimum atomic E-state index is -0.461. The molecule has 0 saturated carbocycles. The van der Waals surface area contributed by atoms with Gasteiger partial charge in [0.05, 0.1) is 0 Å². The van der Waals surface area contributed by atoms with E-state index in [0.717, 1.165) is 5.56 Å². The van der Waals surface area contributed by atoms with Crippen LogP contribution in [-0.4, -0.2) is 19.0 Å². The minimum Gasteiger partial charge on any atom is -0.357 e. The number of carbonyl (C=O) groups excluding carboxylic acids is 1. The van der Waals surface area contributed by atoms with Gasteiger partial charge >= 0.3 is 0 Å². The highest BCUT2D eigenvalue weighted by Crippen LogP contribution is 2.05. The molecule has 4 heteroatoms. The lowest BCUT2D eigenvalue weighted by atomic mass is 10.1. The number of benzene rings is 1. The molecule has 1 rings (SSSR count). The van der Waals surface area contributed by atoms with Crippen molar-refractivity contribution in [1.29, 1.82) is 0 Å². The summed E-state index contributed by atoms with van der Waals surface area (Å²) in [6, 6.07) is 9.24. The van der Waals surface area contributed by atoms with Crippen molar-refractivity contribution in [3.8, 4) is 0 Å². The summed E-state index contributed by atoms with van der Waals surface area (Å²) in [6.07, 6.45) is 0.560. The Morgan fingerprint density at radius 3 is 2.64 bits per heavy atom. The van der Waals surface area contributed by atoms with Gasteiger partial charge in [-0.1, -0.05) is 30.3 Å². The van der Waals surface area contributed by atoms with Crippen LogP contribution in [0.1, 0.15) is 5.56 Å². The van der Waals surface area contributed by atoms with Crippen LogP contribution in [0.5, 0.6) is 0 Å². The van der Waals surface area contributed by atoms with E-state index in [4.69, 9.17) is 0 Å². The standard InChI is InChI=1S/C10H12N2OS/c1-11-10(13)9(12-14)7-8-5-3-2-4-6-8/h2-6,9H,7H2,1H3,(H,11,13)/t9-/m0/s1. The van der Waals surface area contributed by atoms with Crippen molar-refractivity contribution >= 4 is 18.3 Å². The number of nitrogens with zero attached hydrogens (tertiary/aromatic N) is 1. The van der Waals surface area contributed by atoms with Crippen LogP contribution in [0.25, 0.3) is 0 Å². The molecule has 0 aliphatic rings. The van der Waals surface area contributed by atoms with Crippen molar-refractivity contribution in [2.75, 3.05) is 7.05 Å². The number of nitrogens with one attached hydrogen (secondary N) is 1. The highest BCUT2D eigenvalue weighted by Gasteiger charge is 2.15. The molecule has 0 unspecified atom stereocenters. The van der Waals surface area contributed by atoms with Gasteiger partial charge in [-0.3, -0.25) is 4.79 Å². The number of carbonyl (C=O) groups is 1. The molecule has 0 aliphatic carbocycles. The monoisotopic (exact) mass is 208 g/mol. The van der Waals surface area contributed by atoms with Gasteiger partial charge in [0.2, 0.25) is 5.91 Å². The maximum atomic E-state index is 11.3. The van der Waals surface area contributed by atoms with Crippen molar-refractivity contribution in [2.24, 2.45) is 4.36 Å². The predicted octanol–water partition coefficient (Wildman–Crippen LogP) is 1.07. The third-order valence-corrected chi connectivity index (χ3v) is 2.20. The van der Waals surface area contributed by atoms with E-state index in [0.29, 0.717) is 6.42 Å². The summed E-state index contributed by atoms with van der Waals surface area (Å²) < 4.78 is 3.63. The average Bonchev–Trinajstić information content (AvgIpc) is 2.26. The lowest BCUT2D eigenvalue weighted by Gasteiger charge is -2.08. The van der Waals surface area contributed by atoms with Gasteiger partial charge in [0.25, 0.3) is 0 Å². The van der Waals surface area contributed by atoms with Crippen molar-refractivity contribution in [3.63, 3.8) is 0 Å². The molecule has 1 N–H and O–H groups in total. The SMILES string of the molecule is CNC(=O)[C@H](Cc1ccccc1)N=S. The second kappa shape index (κ2) is 5.44. The van der Waals surface area contributed by atoms with E-state index in [9.17, 15) is 4.79 Å². The first-order chi connectivity index (χ1) is 6.77. The first kappa shape index (κ1) is 10.8. The molecule has 1 atom stereocenters. The van der Waals surface area contributed by atoms with Crippen LogP contribution in [-0.2, 0) is 23.6 Å². The van der Waals surface area contributed by atoms with Crippen LogP contribution in [0, 0.1) is 0 Å². The summed E-state index contributed by atoms with van der Waals surface area (Å²) in [4.78, 5) is 11.3. The Kier molecular flexibility index (Phi) is 4.19. The van der Waals surface area contributed by atoms with Gasteiger partial charge in [-0.25, -0.2) is 4.36 Å². The molecule has 3 nitrogen and oxygen atoms in total. The molecule has 0 saturated heterocycles. The van der Waals surface area contributed by atoms with Gasteiger partial charge < -0.3 is 5.32 Å². The minimum absolute atomic E-state index is 0.135. The zero-order valence-electron chi connectivity index (χ0n) is 7.93. The zero-order valence-corrected chi connectivity index (χ0v) is 8.75. The van der Waals surface area contributed by atoms with Gasteiger partial charge in [-0.2, -0.15) is 0 Å². The molecule has 0 aromatic heterocycles. The predicted molar refractivity (Wildman–Crippen MR) is 57.8 cm³/mol. The Balaban J connectivity index is 2.66. The number of amides is 1. The number of hydrogen-bond donors (Lipinski definition) is 1. The van der Waals surface area contributed by atoms with Gasteiger partial charge in [0.1, 0.15) is 6.04 Å². The highest BCUT2D eigenvalue weighted by atomic mass is 32.1. The van der Waals surface area contributed by atoms with Gasteiger partial charge in [0.15, 0.2) is 0 Å². The Morgan fingerprint density at radius 1 is 1.50 bits per heavy atom. The summed E-state index contributed by atoms with van der Waals surface area (Å²) in [5.74, 6) is -0.135. The Bertz CT molecular complexity index is 313. The lowest BCUT2D eigenvalue weighted by Crippen LogP contribution is -2.31. The fourth-order valence-electron chi connectivity index (χ4n) is 1.18. The Morgan fingerprint density at radius 2 is 2.14 bits per heavy atom. The maximum Gasteiger partial charge on any atom is 0.246 e. The van der Waals surface area contributed by atoms with Crippen molar-refractivity contribution < 1.29 is 4.79 Å². The van der Waals surface area contributed by atoms with Gasteiger partial charge in [0, 0.05) is 25.9 Å². The van der Waals surface area contributed by atoms with E-state index in [-0.39, 0.29) is 5.91 Å². The van der Waals surface area contributed by atoms with E-state index in [1.54, 1.807) is 7.05 Å². The van der Waals surface area contributed by atoms with Crippen molar-refractivity contribution in [1.82, 2.24) is 5.32 Å². The Hall–Kier alpha value is -1.29. The van der Waals surface area contributed by atoms with Crippen LogP contribution >= 0.6 is 0 Å². The van der Waals surface area contributed by atoms with Crippen LogP contribution in [0.4, 0.5) is 0 Å². The van der Waals surface area contributed by atoms with E-state index in [1.807, 2.05) is 30.3 Å². The number of rotatable bonds is 4. The smallest absolute Gasteiger partial charge is 0.246 e. The van der Waals surface area contributed by atoms with E-state index in [2.05, 4.69) is 22.1 Å². The molecule has 14 heavy (non-hydrogen) atoms. The van der Waals surface area contributed by atoms with E-state index in [1.165, 1.54) is 0 Å². The normalized spacial score (nSPS) is 11.8. The molecule has 1 amide bonds. The average molecular weight is 208 g/mol. The summed E-state index contributed by atoms with van der Waals surface area (Å²) >= 11 is 4.58. The first-order valence-corrected chi connectivity index (χ1v) is 4.72. The molecular weight excluding hydrogens is 196 g/mol. The largest absolute Gasteiger partial charge is 0.357 e. The molecule has 0 heterocycles. The molecule has 1 aromatic rings. The molecule has 0 radical (unpaired) electrons. The molecular formula is C10H12N2OS.